The number of rotatable bonds is 6. The average Bonchev–Trinajstić information content (AvgIpc) is 2.17. The summed E-state index contributed by atoms with van der Waals surface area (Å²) in [7, 11) is 0. The van der Waals surface area contributed by atoms with E-state index < -0.39 is 0 Å². The highest BCUT2D eigenvalue weighted by atomic mass is 79.9. The normalized spacial score (nSPS) is 10.7. The number of halogens is 1. The second kappa shape index (κ2) is 6.85. The molecule has 1 rings (SSSR count). The lowest BCUT2D eigenvalue weighted by molar-refractivity contribution is 0.306. The molecular weight excluding hydrogens is 254 g/mol. The quantitative estimate of drug-likeness (QED) is 0.803. The summed E-state index contributed by atoms with van der Waals surface area (Å²) in [5.41, 5.74) is 0. The summed E-state index contributed by atoms with van der Waals surface area (Å²) >= 11 is 3.41. The van der Waals surface area contributed by atoms with Crippen LogP contribution in [0.5, 0.6) is 5.75 Å². The van der Waals surface area contributed by atoms with Gasteiger partial charge in [0.15, 0.2) is 0 Å². The molecule has 1 aromatic rings. The summed E-state index contributed by atoms with van der Waals surface area (Å²) in [5, 5.41) is 3.35. The van der Waals surface area contributed by atoms with E-state index >= 15 is 0 Å². The number of hydrogen-bond donors (Lipinski definition) is 1. The number of nitrogens with one attached hydrogen (secondary N) is 1. The van der Waals surface area contributed by atoms with Crippen LogP contribution in [0.2, 0.25) is 0 Å². The second-order valence-corrected chi connectivity index (χ2v) is 4.68. The van der Waals surface area contributed by atoms with Crippen LogP contribution in [0.4, 0.5) is 0 Å². The molecule has 0 radical (unpaired) electrons. The minimum atomic E-state index is 0.552. The van der Waals surface area contributed by atoms with Crippen LogP contribution in [-0.2, 0) is 0 Å². The Bertz CT molecular complexity index is 289. The van der Waals surface area contributed by atoms with Gasteiger partial charge in [0.1, 0.15) is 5.75 Å². The highest BCUT2D eigenvalue weighted by molar-refractivity contribution is 9.10. The lowest BCUT2D eigenvalue weighted by Crippen LogP contribution is -2.24. The van der Waals surface area contributed by atoms with E-state index in [0.29, 0.717) is 6.04 Å². The monoisotopic (exact) mass is 271 g/mol. The van der Waals surface area contributed by atoms with Gasteiger partial charge in [-0.05, 0) is 31.2 Å². The van der Waals surface area contributed by atoms with E-state index in [9.17, 15) is 0 Å². The van der Waals surface area contributed by atoms with Crippen LogP contribution in [0, 0.1) is 0 Å². The van der Waals surface area contributed by atoms with Gasteiger partial charge in [-0.25, -0.2) is 0 Å². The van der Waals surface area contributed by atoms with Gasteiger partial charge in [-0.2, -0.15) is 0 Å². The van der Waals surface area contributed by atoms with Gasteiger partial charge in [0.05, 0.1) is 6.61 Å². The molecule has 0 saturated carbocycles. The summed E-state index contributed by atoms with van der Waals surface area (Å²) in [6.45, 7) is 6.06. The van der Waals surface area contributed by atoms with Crippen LogP contribution < -0.4 is 10.1 Å². The summed E-state index contributed by atoms with van der Waals surface area (Å²) < 4.78 is 6.65. The molecule has 84 valence electrons. The smallest absolute Gasteiger partial charge is 0.120 e. The van der Waals surface area contributed by atoms with Gasteiger partial charge >= 0.3 is 0 Å². The molecule has 0 spiro atoms. The molecular formula is C12H18BrNO. The van der Waals surface area contributed by atoms with Gasteiger partial charge < -0.3 is 10.1 Å². The van der Waals surface area contributed by atoms with Crippen molar-refractivity contribution in [2.24, 2.45) is 0 Å². The van der Waals surface area contributed by atoms with Gasteiger partial charge in [0, 0.05) is 10.5 Å². The Kier molecular flexibility index (Phi) is 5.73. The van der Waals surface area contributed by atoms with Crippen LogP contribution >= 0.6 is 15.9 Å². The maximum atomic E-state index is 5.60. The first-order chi connectivity index (χ1) is 7.18. The predicted molar refractivity (Wildman–Crippen MR) is 67.4 cm³/mol. The minimum Gasteiger partial charge on any atom is -0.494 e. The van der Waals surface area contributed by atoms with Crippen molar-refractivity contribution in [1.29, 1.82) is 0 Å². The predicted octanol–water partition coefficient (Wildman–Crippen LogP) is 3.22. The summed E-state index contributed by atoms with van der Waals surface area (Å²) in [5.74, 6) is 0.925. The molecule has 0 aromatic heterocycles. The molecule has 15 heavy (non-hydrogen) atoms. The Hall–Kier alpha value is -0.540. The van der Waals surface area contributed by atoms with Gasteiger partial charge in [-0.3, -0.25) is 0 Å². The molecule has 0 aliphatic heterocycles. The third-order valence-electron chi connectivity index (χ3n) is 1.94. The molecule has 1 N–H and O–H groups in total. The number of benzene rings is 1. The van der Waals surface area contributed by atoms with Crippen molar-refractivity contribution < 1.29 is 4.74 Å². The summed E-state index contributed by atoms with van der Waals surface area (Å²) in [6.07, 6.45) is 1.03. The summed E-state index contributed by atoms with van der Waals surface area (Å²) in [4.78, 5) is 0. The fourth-order valence-corrected chi connectivity index (χ4v) is 1.59. The van der Waals surface area contributed by atoms with Crippen molar-refractivity contribution >= 4 is 15.9 Å². The third kappa shape index (κ3) is 5.80. The van der Waals surface area contributed by atoms with E-state index in [2.05, 4.69) is 35.1 Å². The highest BCUT2D eigenvalue weighted by Crippen LogP contribution is 2.17. The first-order valence-electron chi connectivity index (χ1n) is 5.30. The molecule has 1 aromatic carbocycles. The SMILES string of the molecule is CC(C)NCCCOc1cccc(Br)c1. The van der Waals surface area contributed by atoms with E-state index in [0.717, 1.165) is 29.8 Å². The van der Waals surface area contributed by atoms with E-state index in [1.807, 2.05) is 24.3 Å². The van der Waals surface area contributed by atoms with Gasteiger partial charge in [-0.1, -0.05) is 35.8 Å². The largest absolute Gasteiger partial charge is 0.494 e. The Balaban J connectivity index is 2.15. The zero-order chi connectivity index (χ0) is 11.1. The minimum absolute atomic E-state index is 0.552. The number of ether oxygens (including phenoxy) is 1. The first kappa shape index (κ1) is 12.5. The van der Waals surface area contributed by atoms with E-state index in [4.69, 9.17) is 4.74 Å². The molecule has 0 atom stereocenters. The molecule has 0 saturated heterocycles. The summed E-state index contributed by atoms with van der Waals surface area (Å²) in [6, 6.07) is 8.48. The van der Waals surface area contributed by atoms with Gasteiger partial charge in [0.25, 0.3) is 0 Å². The van der Waals surface area contributed by atoms with E-state index in [1.165, 1.54) is 0 Å². The Morgan fingerprint density at radius 3 is 2.87 bits per heavy atom. The average molecular weight is 272 g/mol. The molecule has 0 fully saturated rings. The maximum absolute atomic E-state index is 5.60. The fourth-order valence-electron chi connectivity index (χ4n) is 1.21. The third-order valence-corrected chi connectivity index (χ3v) is 2.43. The topological polar surface area (TPSA) is 21.3 Å². The zero-order valence-corrected chi connectivity index (χ0v) is 10.9. The van der Waals surface area contributed by atoms with Crippen LogP contribution in [0.25, 0.3) is 0 Å². The van der Waals surface area contributed by atoms with Crippen molar-refractivity contribution in [3.05, 3.63) is 28.7 Å². The Labute approximate surface area is 100 Å². The highest BCUT2D eigenvalue weighted by Gasteiger charge is 1.95. The molecule has 0 amide bonds. The second-order valence-electron chi connectivity index (χ2n) is 3.77. The zero-order valence-electron chi connectivity index (χ0n) is 9.29. The molecule has 0 bridgehead atoms. The lowest BCUT2D eigenvalue weighted by Gasteiger charge is -2.09. The van der Waals surface area contributed by atoms with Crippen LogP contribution in [-0.4, -0.2) is 19.2 Å². The lowest BCUT2D eigenvalue weighted by atomic mass is 10.3. The van der Waals surface area contributed by atoms with Crippen LogP contribution in [0.15, 0.2) is 28.7 Å². The van der Waals surface area contributed by atoms with Gasteiger partial charge in [0.2, 0.25) is 0 Å². The van der Waals surface area contributed by atoms with Crippen LogP contribution in [0.1, 0.15) is 20.3 Å². The molecule has 0 aliphatic carbocycles. The van der Waals surface area contributed by atoms with Crippen molar-refractivity contribution in [3.63, 3.8) is 0 Å². The van der Waals surface area contributed by atoms with Crippen LogP contribution in [0.3, 0.4) is 0 Å². The van der Waals surface area contributed by atoms with Crippen molar-refractivity contribution in [2.75, 3.05) is 13.2 Å². The Morgan fingerprint density at radius 1 is 1.40 bits per heavy atom. The standard InChI is InChI=1S/C12H18BrNO/c1-10(2)14-7-4-8-15-12-6-3-5-11(13)9-12/h3,5-6,9-10,14H,4,7-8H2,1-2H3. The van der Waals surface area contributed by atoms with Crippen molar-refractivity contribution in [1.82, 2.24) is 5.32 Å². The molecule has 0 unspecified atom stereocenters. The Morgan fingerprint density at radius 2 is 2.20 bits per heavy atom. The van der Waals surface area contributed by atoms with E-state index in [-0.39, 0.29) is 0 Å². The maximum Gasteiger partial charge on any atom is 0.120 e. The first-order valence-corrected chi connectivity index (χ1v) is 6.09. The fraction of sp³-hybridized carbons (Fsp3) is 0.500. The molecule has 2 nitrogen and oxygen atoms in total. The molecule has 0 heterocycles. The van der Waals surface area contributed by atoms with Gasteiger partial charge in [-0.15, -0.1) is 0 Å². The van der Waals surface area contributed by atoms with E-state index in [1.54, 1.807) is 0 Å². The van der Waals surface area contributed by atoms with Crippen molar-refractivity contribution in [3.8, 4) is 5.75 Å². The molecule has 3 heteroatoms. The van der Waals surface area contributed by atoms with Crippen molar-refractivity contribution in [2.45, 2.75) is 26.3 Å². The molecule has 0 aliphatic rings. The number of hydrogen-bond acceptors (Lipinski definition) is 2.